The summed E-state index contributed by atoms with van der Waals surface area (Å²) in [5.41, 5.74) is 8.21. The van der Waals surface area contributed by atoms with Crippen LogP contribution in [0.15, 0.2) is 23.4 Å². The van der Waals surface area contributed by atoms with Gasteiger partial charge in [0.05, 0.1) is 0 Å². The Balaban J connectivity index is 2.16. The molecule has 1 aliphatic rings. The number of halogens is 1. The molecular formula is C10H10FN5O. The molecule has 17 heavy (non-hydrogen) atoms. The Labute approximate surface area is 96.7 Å². The Morgan fingerprint density at radius 2 is 2.53 bits per heavy atom. The largest absolute Gasteiger partial charge is 0.294 e. The van der Waals surface area contributed by atoms with Crippen molar-refractivity contribution in [2.45, 2.75) is 6.42 Å². The first-order valence-corrected chi connectivity index (χ1v) is 5.14. The first-order valence-electron chi connectivity index (χ1n) is 5.14. The molecule has 0 aromatic carbocycles. The molecule has 0 radical (unpaired) electrons. The highest BCUT2D eigenvalue weighted by Crippen LogP contribution is 2.25. The number of carbonyl (C=O) groups excluding carboxylic acids is 1. The highest BCUT2D eigenvalue weighted by Gasteiger charge is 2.32. The molecule has 0 spiro atoms. The second kappa shape index (κ2) is 4.80. The zero-order valence-corrected chi connectivity index (χ0v) is 8.95. The van der Waals surface area contributed by atoms with Crippen LogP contribution >= 0.6 is 0 Å². The molecule has 1 amide bonds. The lowest BCUT2D eigenvalue weighted by molar-refractivity contribution is -0.117. The van der Waals surface area contributed by atoms with Crippen molar-refractivity contribution in [2.24, 2.45) is 11.0 Å². The van der Waals surface area contributed by atoms with Crippen molar-refractivity contribution in [3.05, 3.63) is 34.6 Å². The summed E-state index contributed by atoms with van der Waals surface area (Å²) in [5.74, 6) is -0.744. The Kier molecular flexibility index (Phi) is 3.20. The number of nitrogens with zero attached hydrogens (tertiary/aromatic N) is 5. The van der Waals surface area contributed by atoms with E-state index in [0.717, 1.165) is 0 Å². The molecule has 1 fully saturated rings. The average molecular weight is 235 g/mol. The summed E-state index contributed by atoms with van der Waals surface area (Å²) in [5, 5.41) is 3.43. The van der Waals surface area contributed by atoms with Crippen molar-refractivity contribution < 1.29 is 9.18 Å². The third-order valence-electron chi connectivity index (χ3n) is 2.60. The molecule has 0 N–H and O–H groups in total. The smallest absolute Gasteiger partial charge is 0.228 e. The minimum atomic E-state index is -0.523. The third-order valence-corrected chi connectivity index (χ3v) is 2.60. The van der Waals surface area contributed by atoms with Gasteiger partial charge in [-0.1, -0.05) is 5.11 Å². The van der Waals surface area contributed by atoms with Gasteiger partial charge in [0.15, 0.2) is 11.6 Å². The van der Waals surface area contributed by atoms with Crippen LogP contribution in [0.5, 0.6) is 0 Å². The second-order valence-corrected chi connectivity index (χ2v) is 3.80. The first kappa shape index (κ1) is 11.3. The Bertz CT molecular complexity index is 485. The molecule has 7 heteroatoms. The minimum Gasteiger partial charge on any atom is -0.294 e. The quantitative estimate of drug-likeness (QED) is 0.455. The number of anilines is 1. The van der Waals surface area contributed by atoms with Crippen molar-refractivity contribution in [2.75, 3.05) is 18.0 Å². The molecule has 1 atom stereocenters. The van der Waals surface area contributed by atoms with Gasteiger partial charge in [0.1, 0.15) is 0 Å². The molecule has 6 nitrogen and oxygen atoms in total. The molecule has 2 heterocycles. The van der Waals surface area contributed by atoms with Gasteiger partial charge in [0.2, 0.25) is 5.91 Å². The molecule has 1 unspecified atom stereocenters. The van der Waals surface area contributed by atoms with E-state index in [1.54, 1.807) is 0 Å². The van der Waals surface area contributed by atoms with Gasteiger partial charge in [-0.15, -0.1) is 0 Å². The summed E-state index contributed by atoms with van der Waals surface area (Å²) in [6.07, 6.45) is 1.70. The fourth-order valence-electron chi connectivity index (χ4n) is 1.84. The number of azide groups is 1. The van der Waals surface area contributed by atoms with Gasteiger partial charge < -0.3 is 0 Å². The van der Waals surface area contributed by atoms with Crippen molar-refractivity contribution in [1.82, 2.24) is 4.98 Å². The fourth-order valence-corrected chi connectivity index (χ4v) is 1.84. The molecule has 0 bridgehead atoms. The van der Waals surface area contributed by atoms with E-state index in [1.165, 1.54) is 23.2 Å². The molecule has 1 saturated heterocycles. The van der Waals surface area contributed by atoms with Crippen LogP contribution in [-0.2, 0) is 4.79 Å². The SMILES string of the molecule is [N-]=[N+]=NCC1CC(=O)N(c2ncccc2F)C1. The summed E-state index contributed by atoms with van der Waals surface area (Å²) < 4.78 is 13.5. The van der Waals surface area contributed by atoms with Gasteiger partial charge in [-0.3, -0.25) is 9.69 Å². The lowest BCUT2D eigenvalue weighted by Crippen LogP contribution is -2.26. The molecule has 88 valence electrons. The summed E-state index contributed by atoms with van der Waals surface area (Å²) in [6, 6.07) is 2.73. The summed E-state index contributed by atoms with van der Waals surface area (Å²) >= 11 is 0. The van der Waals surface area contributed by atoms with E-state index >= 15 is 0 Å². The third kappa shape index (κ3) is 2.34. The van der Waals surface area contributed by atoms with Crippen LogP contribution in [0.25, 0.3) is 10.4 Å². The van der Waals surface area contributed by atoms with E-state index in [4.69, 9.17) is 5.53 Å². The van der Waals surface area contributed by atoms with Crippen molar-refractivity contribution >= 4 is 11.7 Å². The number of hydrogen-bond acceptors (Lipinski definition) is 3. The molecule has 0 saturated carbocycles. The van der Waals surface area contributed by atoms with Crippen LogP contribution in [0.2, 0.25) is 0 Å². The maximum absolute atomic E-state index is 13.5. The average Bonchev–Trinajstić information content (AvgIpc) is 2.68. The van der Waals surface area contributed by atoms with E-state index in [1.807, 2.05) is 0 Å². The summed E-state index contributed by atoms with van der Waals surface area (Å²) in [6.45, 7) is 0.582. The van der Waals surface area contributed by atoms with Crippen molar-refractivity contribution in [1.29, 1.82) is 0 Å². The molecular weight excluding hydrogens is 225 g/mol. The first-order chi connectivity index (χ1) is 8.22. The lowest BCUT2D eigenvalue weighted by Gasteiger charge is -2.15. The second-order valence-electron chi connectivity index (χ2n) is 3.80. The topological polar surface area (TPSA) is 82.0 Å². The zero-order chi connectivity index (χ0) is 12.3. The Morgan fingerprint density at radius 1 is 1.71 bits per heavy atom. The van der Waals surface area contributed by atoms with E-state index in [9.17, 15) is 9.18 Å². The van der Waals surface area contributed by atoms with Crippen molar-refractivity contribution in [3.8, 4) is 0 Å². The Hall–Kier alpha value is -2.14. The van der Waals surface area contributed by atoms with E-state index < -0.39 is 5.82 Å². The zero-order valence-electron chi connectivity index (χ0n) is 8.95. The molecule has 2 rings (SSSR count). The van der Waals surface area contributed by atoms with Gasteiger partial charge in [0.25, 0.3) is 0 Å². The monoisotopic (exact) mass is 235 g/mol. The number of aromatic nitrogens is 1. The van der Waals surface area contributed by atoms with Gasteiger partial charge in [-0.2, -0.15) is 0 Å². The molecule has 1 aromatic rings. The number of hydrogen-bond donors (Lipinski definition) is 0. The van der Waals surface area contributed by atoms with E-state index in [0.29, 0.717) is 6.54 Å². The number of pyridine rings is 1. The van der Waals surface area contributed by atoms with Crippen molar-refractivity contribution in [3.63, 3.8) is 0 Å². The van der Waals surface area contributed by atoms with Crippen LogP contribution in [-0.4, -0.2) is 24.0 Å². The van der Waals surface area contributed by atoms with Crippen LogP contribution in [0.1, 0.15) is 6.42 Å². The molecule has 1 aliphatic heterocycles. The van der Waals surface area contributed by atoms with E-state index in [2.05, 4.69) is 15.0 Å². The van der Waals surface area contributed by atoms with Crippen LogP contribution < -0.4 is 4.90 Å². The standard InChI is InChI=1S/C10H10FN5O/c11-8-2-1-3-13-10(8)16-6-7(4-9(16)17)5-14-15-12/h1-3,7H,4-6H2. The van der Waals surface area contributed by atoms with Gasteiger partial charge in [0, 0.05) is 30.6 Å². The maximum Gasteiger partial charge on any atom is 0.228 e. The molecule has 0 aliphatic carbocycles. The summed E-state index contributed by atoms with van der Waals surface area (Å²) in [4.78, 5) is 19.5. The normalized spacial score (nSPS) is 19.2. The fraction of sp³-hybridized carbons (Fsp3) is 0.400. The van der Waals surface area contributed by atoms with Gasteiger partial charge in [-0.05, 0) is 23.6 Å². The van der Waals surface area contributed by atoms with Crippen LogP contribution in [0, 0.1) is 11.7 Å². The number of amides is 1. The van der Waals surface area contributed by atoms with Crippen LogP contribution in [0.4, 0.5) is 10.2 Å². The lowest BCUT2D eigenvalue weighted by atomic mass is 10.1. The highest BCUT2D eigenvalue weighted by molar-refractivity contribution is 5.94. The number of rotatable bonds is 3. The van der Waals surface area contributed by atoms with E-state index in [-0.39, 0.29) is 30.6 Å². The van der Waals surface area contributed by atoms with Gasteiger partial charge >= 0.3 is 0 Å². The Morgan fingerprint density at radius 3 is 3.24 bits per heavy atom. The maximum atomic E-state index is 13.5. The highest BCUT2D eigenvalue weighted by atomic mass is 19.1. The summed E-state index contributed by atoms with van der Waals surface area (Å²) in [7, 11) is 0. The predicted octanol–water partition coefficient (Wildman–Crippen LogP) is 1.88. The molecule has 1 aromatic heterocycles. The van der Waals surface area contributed by atoms with Crippen LogP contribution in [0.3, 0.4) is 0 Å². The van der Waals surface area contributed by atoms with Gasteiger partial charge in [-0.25, -0.2) is 9.37 Å². The predicted molar refractivity (Wildman–Crippen MR) is 58.7 cm³/mol. The minimum absolute atomic E-state index is 0.0425. The number of carbonyl (C=O) groups is 1.